The third-order valence-corrected chi connectivity index (χ3v) is 4.14. The van der Waals surface area contributed by atoms with Crippen molar-refractivity contribution >= 4 is 32.6 Å². The molecule has 2 aromatic carbocycles. The summed E-state index contributed by atoms with van der Waals surface area (Å²) in [7, 11) is 0. The normalized spacial score (nSPS) is 10.8. The summed E-state index contributed by atoms with van der Waals surface area (Å²) in [6, 6.07) is 15.4. The number of fused-ring (bicyclic) bond motifs is 1. The summed E-state index contributed by atoms with van der Waals surface area (Å²) < 4.78 is 8.66. The highest BCUT2D eigenvalue weighted by Gasteiger charge is 2.14. The number of aryl methyl sites for hydroxylation is 1. The largest absolute Gasteiger partial charge is 0.485 e. The zero-order valence-electron chi connectivity index (χ0n) is 12.3. The highest BCUT2D eigenvalue weighted by molar-refractivity contribution is 9.10. The van der Waals surface area contributed by atoms with Crippen molar-refractivity contribution < 1.29 is 9.53 Å². The van der Waals surface area contributed by atoms with Crippen LogP contribution in [0.5, 0.6) is 5.75 Å². The fourth-order valence-electron chi connectivity index (χ4n) is 2.49. The average Bonchev–Trinajstić information content (AvgIpc) is 2.93. The van der Waals surface area contributed by atoms with Crippen molar-refractivity contribution in [3.63, 3.8) is 0 Å². The van der Waals surface area contributed by atoms with Crippen molar-refractivity contribution in [2.45, 2.75) is 13.5 Å². The first-order chi connectivity index (χ1) is 10.7. The number of nitrogens with zero attached hydrogens (tertiary/aromatic N) is 1. The van der Waals surface area contributed by atoms with Crippen molar-refractivity contribution in [1.29, 1.82) is 0 Å². The summed E-state index contributed by atoms with van der Waals surface area (Å²) in [6.07, 6.45) is 1.91. The van der Waals surface area contributed by atoms with Gasteiger partial charge in [0, 0.05) is 33.7 Å². The molecule has 0 N–H and O–H groups in total. The van der Waals surface area contributed by atoms with E-state index in [2.05, 4.69) is 27.4 Å². The zero-order valence-corrected chi connectivity index (χ0v) is 13.8. The molecular weight excluding hydrogens is 342 g/mol. The SMILES string of the molecule is CCn1cc(C(=O)COc2ccc(Br)cc2)c2ccccc21. The van der Waals surface area contributed by atoms with Crippen LogP contribution in [0.4, 0.5) is 0 Å². The standard InChI is InChI=1S/C18H16BrNO2/c1-2-20-11-16(15-5-3-4-6-17(15)20)18(21)12-22-14-9-7-13(19)8-10-14/h3-11H,2,12H2,1H3. The number of rotatable bonds is 5. The fraction of sp³-hybridized carbons (Fsp3) is 0.167. The molecule has 4 heteroatoms. The molecule has 0 bridgehead atoms. The number of Topliss-reactive ketones (excluding diaryl/α,β-unsaturated/α-hetero) is 1. The van der Waals surface area contributed by atoms with Gasteiger partial charge in [-0.3, -0.25) is 4.79 Å². The van der Waals surface area contributed by atoms with Gasteiger partial charge in [0.15, 0.2) is 6.61 Å². The number of halogens is 1. The fourth-order valence-corrected chi connectivity index (χ4v) is 2.75. The average molecular weight is 358 g/mol. The number of hydrogen-bond donors (Lipinski definition) is 0. The van der Waals surface area contributed by atoms with Crippen LogP contribution in [-0.4, -0.2) is 17.0 Å². The van der Waals surface area contributed by atoms with Gasteiger partial charge in [-0.1, -0.05) is 34.1 Å². The van der Waals surface area contributed by atoms with Gasteiger partial charge in [0.05, 0.1) is 0 Å². The minimum atomic E-state index is -0.00804. The summed E-state index contributed by atoms with van der Waals surface area (Å²) in [5.74, 6) is 0.682. The maximum absolute atomic E-state index is 12.5. The summed E-state index contributed by atoms with van der Waals surface area (Å²) in [6.45, 7) is 2.94. The van der Waals surface area contributed by atoms with Crippen LogP contribution >= 0.6 is 15.9 Å². The minimum absolute atomic E-state index is 0.00804. The van der Waals surface area contributed by atoms with Crippen LogP contribution in [0.25, 0.3) is 10.9 Å². The molecule has 1 heterocycles. The van der Waals surface area contributed by atoms with E-state index in [1.807, 2.05) is 54.7 Å². The molecule has 3 aromatic rings. The number of ether oxygens (including phenoxy) is 1. The maximum Gasteiger partial charge on any atom is 0.202 e. The zero-order chi connectivity index (χ0) is 15.5. The highest BCUT2D eigenvalue weighted by Crippen LogP contribution is 2.22. The van der Waals surface area contributed by atoms with E-state index in [0.717, 1.165) is 27.5 Å². The second kappa shape index (κ2) is 6.36. The number of ketones is 1. The number of benzene rings is 2. The molecule has 0 aliphatic rings. The number of carbonyl (C=O) groups excluding carboxylic acids is 1. The Morgan fingerprint density at radius 1 is 1.14 bits per heavy atom. The highest BCUT2D eigenvalue weighted by atomic mass is 79.9. The molecule has 0 amide bonds. The monoisotopic (exact) mass is 357 g/mol. The molecule has 0 radical (unpaired) electrons. The first kappa shape index (κ1) is 14.9. The van der Waals surface area contributed by atoms with E-state index < -0.39 is 0 Å². The lowest BCUT2D eigenvalue weighted by Gasteiger charge is -2.05. The number of para-hydroxylation sites is 1. The van der Waals surface area contributed by atoms with Gasteiger partial charge in [-0.25, -0.2) is 0 Å². The van der Waals surface area contributed by atoms with Crippen molar-refractivity contribution in [1.82, 2.24) is 4.57 Å². The lowest BCUT2D eigenvalue weighted by Crippen LogP contribution is -2.11. The smallest absolute Gasteiger partial charge is 0.202 e. The van der Waals surface area contributed by atoms with Gasteiger partial charge in [0.2, 0.25) is 5.78 Å². The molecular formula is C18H16BrNO2. The van der Waals surface area contributed by atoms with Crippen LogP contribution in [0.15, 0.2) is 59.2 Å². The van der Waals surface area contributed by atoms with E-state index in [1.165, 1.54) is 0 Å². The van der Waals surface area contributed by atoms with E-state index in [9.17, 15) is 4.79 Å². The molecule has 3 rings (SSSR count). The topological polar surface area (TPSA) is 31.2 Å². The second-order valence-electron chi connectivity index (χ2n) is 5.01. The second-order valence-corrected chi connectivity index (χ2v) is 5.93. The van der Waals surface area contributed by atoms with Gasteiger partial charge in [0.25, 0.3) is 0 Å². The molecule has 0 saturated carbocycles. The van der Waals surface area contributed by atoms with Crippen molar-refractivity contribution in [3.8, 4) is 5.75 Å². The lowest BCUT2D eigenvalue weighted by molar-refractivity contribution is 0.0923. The Labute approximate surface area is 137 Å². The Hall–Kier alpha value is -2.07. The Bertz CT molecular complexity index is 806. The van der Waals surface area contributed by atoms with Crippen LogP contribution in [-0.2, 0) is 6.54 Å². The molecule has 0 atom stereocenters. The number of carbonyl (C=O) groups is 1. The molecule has 0 saturated heterocycles. The summed E-state index contributed by atoms with van der Waals surface area (Å²) in [5, 5.41) is 0.980. The summed E-state index contributed by atoms with van der Waals surface area (Å²) in [4.78, 5) is 12.5. The maximum atomic E-state index is 12.5. The van der Waals surface area contributed by atoms with Crippen molar-refractivity contribution in [2.75, 3.05) is 6.61 Å². The Kier molecular flexibility index (Phi) is 4.29. The van der Waals surface area contributed by atoms with Gasteiger partial charge in [-0.05, 0) is 37.3 Å². The van der Waals surface area contributed by atoms with Gasteiger partial charge in [-0.15, -0.1) is 0 Å². The molecule has 0 aliphatic carbocycles. The summed E-state index contributed by atoms with van der Waals surface area (Å²) in [5.41, 5.74) is 1.80. The van der Waals surface area contributed by atoms with Crippen LogP contribution < -0.4 is 4.74 Å². The van der Waals surface area contributed by atoms with Gasteiger partial charge in [-0.2, -0.15) is 0 Å². The van der Waals surface area contributed by atoms with E-state index >= 15 is 0 Å². The molecule has 1 aromatic heterocycles. The van der Waals surface area contributed by atoms with Crippen LogP contribution in [0.3, 0.4) is 0 Å². The molecule has 3 nitrogen and oxygen atoms in total. The first-order valence-corrected chi connectivity index (χ1v) is 7.97. The summed E-state index contributed by atoms with van der Waals surface area (Å²) >= 11 is 3.37. The van der Waals surface area contributed by atoms with Crippen LogP contribution in [0.1, 0.15) is 17.3 Å². The predicted molar refractivity (Wildman–Crippen MR) is 91.6 cm³/mol. The Morgan fingerprint density at radius 2 is 1.86 bits per heavy atom. The van der Waals surface area contributed by atoms with E-state index in [4.69, 9.17) is 4.74 Å². The van der Waals surface area contributed by atoms with Gasteiger partial charge < -0.3 is 9.30 Å². The molecule has 0 fully saturated rings. The molecule has 0 aliphatic heterocycles. The number of aromatic nitrogens is 1. The van der Waals surface area contributed by atoms with E-state index in [-0.39, 0.29) is 12.4 Å². The first-order valence-electron chi connectivity index (χ1n) is 7.18. The van der Waals surface area contributed by atoms with Crippen LogP contribution in [0, 0.1) is 0 Å². The third kappa shape index (κ3) is 2.92. The Morgan fingerprint density at radius 3 is 2.59 bits per heavy atom. The molecule has 0 unspecified atom stereocenters. The van der Waals surface area contributed by atoms with Crippen molar-refractivity contribution in [2.24, 2.45) is 0 Å². The lowest BCUT2D eigenvalue weighted by atomic mass is 10.1. The quantitative estimate of drug-likeness (QED) is 0.620. The van der Waals surface area contributed by atoms with E-state index in [1.54, 1.807) is 0 Å². The third-order valence-electron chi connectivity index (χ3n) is 3.61. The van der Waals surface area contributed by atoms with Gasteiger partial charge >= 0.3 is 0 Å². The molecule has 22 heavy (non-hydrogen) atoms. The molecule has 0 spiro atoms. The number of hydrogen-bond acceptors (Lipinski definition) is 2. The van der Waals surface area contributed by atoms with Crippen molar-refractivity contribution in [3.05, 3.63) is 64.8 Å². The van der Waals surface area contributed by atoms with E-state index in [0.29, 0.717) is 5.75 Å². The van der Waals surface area contributed by atoms with Gasteiger partial charge in [0.1, 0.15) is 5.75 Å². The predicted octanol–water partition coefficient (Wildman–Crippen LogP) is 4.69. The van der Waals surface area contributed by atoms with Crippen LogP contribution in [0.2, 0.25) is 0 Å². The molecule has 112 valence electrons. The Balaban J connectivity index is 1.82. The minimum Gasteiger partial charge on any atom is -0.485 e.